The van der Waals surface area contributed by atoms with Gasteiger partial charge < -0.3 is 5.32 Å². The summed E-state index contributed by atoms with van der Waals surface area (Å²) in [5.74, 6) is 0.826. The molecule has 1 nitrogen and oxygen atoms in total. The highest BCUT2D eigenvalue weighted by Crippen LogP contribution is 2.34. The van der Waals surface area contributed by atoms with Gasteiger partial charge in [-0.15, -0.1) is 0 Å². The lowest BCUT2D eigenvalue weighted by atomic mass is 9.95. The summed E-state index contributed by atoms with van der Waals surface area (Å²) in [5.41, 5.74) is 1.32. The van der Waals surface area contributed by atoms with E-state index in [2.05, 4.69) is 11.9 Å². The number of hydrogen-bond donors (Lipinski definition) is 1. The average Bonchev–Trinajstić information content (AvgIpc) is 2.88. The molecule has 0 heterocycles. The van der Waals surface area contributed by atoms with Crippen LogP contribution >= 0.6 is 0 Å². The summed E-state index contributed by atoms with van der Waals surface area (Å²) in [6, 6.07) is 0.756. The number of nitrogens with one attached hydrogen (secondary N) is 1. The van der Waals surface area contributed by atoms with Gasteiger partial charge in [0.15, 0.2) is 0 Å². The van der Waals surface area contributed by atoms with Gasteiger partial charge in [-0.25, -0.2) is 0 Å². The molecule has 0 unspecified atom stereocenters. The molecule has 2 aliphatic rings. The molecule has 1 heteroatoms. The molecular formula is C11H19N. The fourth-order valence-electron chi connectivity index (χ4n) is 2.06. The second-order valence-electron chi connectivity index (χ2n) is 4.28. The third-order valence-electron chi connectivity index (χ3n) is 3.06. The molecule has 12 heavy (non-hydrogen) atoms. The van der Waals surface area contributed by atoms with Crippen molar-refractivity contribution in [3.05, 3.63) is 12.3 Å². The van der Waals surface area contributed by atoms with Gasteiger partial charge in [-0.1, -0.05) is 25.8 Å². The first-order chi connectivity index (χ1) is 5.86. The van der Waals surface area contributed by atoms with E-state index in [1.54, 1.807) is 0 Å². The van der Waals surface area contributed by atoms with Crippen LogP contribution < -0.4 is 5.32 Å². The quantitative estimate of drug-likeness (QED) is 0.678. The Balaban J connectivity index is 1.73. The van der Waals surface area contributed by atoms with Gasteiger partial charge >= 0.3 is 0 Å². The normalized spacial score (nSPS) is 25.3. The van der Waals surface area contributed by atoms with Crippen LogP contribution in [0.15, 0.2) is 12.3 Å². The first kappa shape index (κ1) is 8.15. The lowest BCUT2D eigenvalue weighted by molar-refractivity contribution is 0.391. The average molecular weight is 165 g/mol. The molecule has 0 aliphatic heterocycles. The zero-order chi connectivity index (χ0) is 8.39. The Morgan fingerprint density at radius 2 is 1.67 bits per heavy atom. The monoisotopic (exact) mass is 165 g/mol. The molecule has 0 bridgehead atoms. The lowest BCUT2D eigenvalue weighted by Crippen LogP contribution is -2.30. The molecule has 2 aliphatic carbocycles. The summed E-state index contributed by atoms with van der Waals surface area (Å²) < 4.78 is 0. The van der Waals surface area contributed by atoms with Crippen molar-refractivity contribution < 1.29 is 0 Å². The minimum atomic E-state index is 0.756. The van der Waals surface area contributed by atoms with Gasteiger partial charge in [0.1, 0.15) is 0 Å². The molecule has 0 spiro atoms. The maximum atomic E-state index is 4.10. The Hall–Kier alpha value is -0.460. The van der Waals surface area contributed by atoms with Gasteiger partial charge in [0.25, 0.3) is 0 Å². The molecule has 0 atom stereocenters. The van der Waals surface area contributed by atoms with E-state index >= 15 is 0 Å². The highest BCUT2D eigenvalue weighted by Gasteiger charge is 2.26. The summed E-state index contributed by atoms with van der Waals surface area (Å²) >= 11 is 0. The predicted molar refractivity (Wildman–Crippen MR) is 51.9 cm³/mol. The molecule has 1 N–H and O–H groups in total. The molecule has 0 saturated heterocycles. The summed E-state index contributed by atoms with van der Waals surface area (Å²) in [5, 5.41) is 3.59. The number of hydrogen-bond acceptors (Lipinski definition) is 1. The Labute approximate surface area is 75.2 Å². The fourth-order valence-corrected chi connectivity index (χ4v) is 2.06. The minimum absolute atomic E-state index is 0.756. The van der Waals surface area contributed by atoms with Gasteiger partial charge in [-0.3, -0.25) is 0 Å². The van der Waals surface area contributed by atoms with Gasteiger partial charge in [-0.05, 0) is 31.6 Å². The molecule has 0 aromatic heterocycles. The second kappa shape index (κ2) is 3.51. The highest BCUT2D eigenvalue weighted by atomic mass is 14.9. The van der Waals surface area contributed by atoms with Crippen LogP contribution in [0.2, 0.25) is 0 Å². The second-order valence-corrected chi connectivity index (χ2v) is 4.28. The first-order valence-electron chi connectivity index (χ1n) is 5.31. The number of allylic oxidation sites excluding steroid dienone is 1. The SMILES string of the molecule is C=C(NC1CCCCC1)C1CC1. The molecule has 2 saturated carbocycles. The summed E-state index contributed by atoms with van der Waals surface area (Å²) in [7, 11) is 0. The van der Waals surface area contributed by atoms with Crippen LogP contribution in [0.3, 0.4) is 0 Å². The van der Waals surface area contributed by atoms with Crippen LogP contribution in [0.1, 0.15) is 44.9 Å². The van der Waals surface area contributed by atoms with Crippen molar-refractivity contribution in [1.29, 1.82) is 0 Å². The predicted octanol–water partition coefficient (Wildman–Crippen LogP) is 2.83. The van der Waals surface area contributed by atoms with Crippen molar-refractivity contribution in [2.45, 2.75) is 51.0 Å². The summed E-state index contributed by atoms with van der Waals surface area (Å²) in [4.78, 5) is 0. The van der Waals surface area contributed by atoms with E-state index in [-0.39, 0.29) is 0 Å². The van der Waals surface area contributed by atoms with E-state index in [0.29, 0.717) is 0 Å². The Kier molecular flexibility index (Phi) is 2.38. The first-order valence-corrected chi connectivity index (χ1v) is 5.31. The van der Waals surface area contributed by atoms with E-state index in [0.717, 1.165) is 12.0 Å². The summed E-state index contributed by atoms with van der Waals surface area (Å²) in [6.07, 6.45) is 9.74. The van der Waals surface area contributed by atoms with Crippen LogP contribution in [0.4, 0.5) is 0 Å². The minimum Gasteiger partial charge on any atom is -0.386 e. The third kappa shape index (κ3) is 2.02. The van der Waals surface area contributed by atoms with Crippen molar-refractivity contribution >= 4 is 0 Å². The molecule has 68 valence electrons. The topological polar surface area (TPSA) is 12.0 Å². The fraction of sp³-hybridized carbons (Fsp3) is 0.818. The van der Waals surface area contributed by atoms with Crippen LogP contribution in [-0.4, -0.2) is 6.04 Å². The van der Waals surface area contributed by atoms with E-state index in [4.69, 9.17) is 0 Å². The van der Waals surface area contributed by atoms with Gasteiger partial charge in [0.2, 0.25) is 0 Å². The Bertz CT molecular complexity index is 164. The smallest absolute Gasteiger partial charge is 0.0258 e. The number of rotatable bonds is 3. The van der Waals surface area contributed by atoms with E-state index in [1.807, 2.05) is 0 Å². The molecule has 2 fully saturated rings. The van der Waals surface area contributed by atoms with E-state index in [9.17, 15) is 0 Å². The summed E-state index contributed by atoms with van der Waals surface area (Å²) in [6.45, 7) is 4.10. The van der Waals surface area contributed by atoms with Crippen LogP contribution in [0.5, 0.6) is 0 Å². The Morgan fingerprint density at radius 3 is 2.25 bits per heavy atom. The maximum Gasteiger partial charge on any atom is 0.0258 e. The molecule has 0 radical (unpaired) electrons. The van der Waals surface area contributed by atoms with Crippen LogP contribution in [-0.2, 0) is 0 Å². The third-order valence-corrected chi connectivity index (χ3v) is 3.06. The van der Waals surface area contributed by atoms with Gasteiger partial charge in [-0.2, -0.15) is 0 Å². The van der Waals surface area contributed by atoms with Gasteiger partial charge in [0.05, 0.1) is 0 Å². The van der Waals surface area contributed by atoms with E-state index in [1.165, 1.54) is 50.6 Å². The Morgan fingerprint density at radius 1 is 1.00 bits per heavy atom. The van der Waals surface area contributed by atoms with Crippen molar-refractivity contribution in [1.82, 2.24) is 5.32 Å². The lowest BCUT2D eigenvalue weighted by Gasteiger charge is -2.24. The van der Waals surface area contributed by atoms with Crippen LogP contribution in [0.25, 0.3) is 0 Å². The van der Waals surface area contributed by atoms with Crippen LogP contribution in [0, 0.1) is 5.92 Å². The van der Waals surface area contributed by atoms with Crippen molar-refractivity contribution in [3.8, 4) is 0 Å². The van der Waals surface area contributed by atoms with Crippen molar-refractivity contribution in [3.63, 3.8) is 0 Å². The molecule has 0 aromatic carbocycles. The molecule has 0 amide bonds. The van der Waals surface area contributed by atoms with Crippen molar-refractivity contribution in [2.24, 2.45) is 5.92 Å². The molecule has 0 aromatic rings. The standard InChI is InChI=1S/C11H19N/c1-9(10-7-8-10)12-11-5-3-2-4-6-11/h10-12H,1-8H2. The molecule has 2 rings (SSSR count). The van der Waals surface area contributed by atoms with E-state index < -0.39 is 0 Å². The molecular weight excluding hydrogens is 146 g/mol. The highest BCUT2D eigenvalue weighted by molar-refractivity contribution is 5.06. The zero-order valence-electron chi connectivity index (χ0n) is 7.81. The zero-order valence-corrected chi connectivity index (χ0v) is 7.81. The van der Waals surface area contributed by atoms with Gasteiger partial charge in [0, 0.05) is 11.7 Å². The largest absolute Gasteiger partial charge is 0.386 e. The van der Waals surface area contributed by atoms with Crippen molar-refractivity contribution in [2.75, 3.05) is 0 Å². The maximum absolute atomic E-state index is 4.10.